The Morgan fingerprint density at radius 1 is 1.20 bits per heavy atom. The number of phenols is 2. The lowest BCUT2D eigenvalue weighted by Gasteiger charge is -2.33. The topological polar surface area (TPSA) is 121 Å². The van der Waals surface area contributed by atoms with E-state index >= 15 is 0 Å². The van der Waals surface area contributed by atoms with E-state index in [-0.39, 0.29) is 33.9 Å². The van der Waals surface area contributed by atoms with Gasteiger partial charge in [0.1, 0.15) is 45.7 Å². The van der Waals surface area contributed by atoms with Crippen molar-refractivity contribution in [3.63, 3.8) is 0 Å². The number of ether oxygens (including phenoxy) is 1. The minimum absolute atomic E-state index is 0.0281. The molecule has 0 saturated carbocycles. The van der Waals surface area contributed by atoms with Crippen LogP contribution in [0.3, 0.4) is 0 Å². The molecule has 1 aromatic carbocycles. The van der Waals surface area contributed by atoms with Crippen molar-refractivity contribution in [1.29, 1.82) is 0 Å². The Balaban J connectivity index is 2.39. The van der Waals surface area contributed by atoms with Crippen molar-refractivity contribution in [2.75, 3.05) is 0 Å². The number of allylic oxidation sites excluding steroid dienone is 1. The maximum atomic E-state index is 13.0. The third-order valence-corrected chi connectivity index (χ3v) is 5.07. The number of aliphatic hydroxyl groups is 1. The van der Waals surface area contributed by atoms with Crippen molar-refractivity contribution in [3.05, 3.63) is 28.5 Å². The lowest BCUT2D eigenvalue weighted by molar-refractivity contribution is -0.139. The van der Waals surface area contributed by atoms with Gasteiger partial charge >= 0.3 is 0 Å². The first-order valence-electron chi connectivity index (χ1n) is 7.76. The number of aromatic hydroxyl groups is 2. The zero-order valence-electron chi connectivity index (χ0n) is 14.2. The van der Waals surface area contributed by atoms with E-state index < -0.39 is 40.5 Å². The summed E-state index contributed by atoms with van der Waals surface area (Å²) in [6.45, 7) is 5.30. The molecule has 132 valence electrons. The Morgan fingerprint density at radius 2 is 1.80 bits per heavy atom. The summed E-state index contributed by atoms with van der Waals surface area (Å²) >= 11 is 0. The van der Waals surface area contributed by atoms with E-state index in [1.54, 1.807) is 0 Å². The van der Waals surface area contributed by atoms with E-state index in [1.165, 1.54) is 33.8 Å². The molecular weight excluding hydrogens is 328 g/mol. The van der Waals surface area contributed by atoms with Gasteiger partial charge in [0.2, 0.25) is 0 Å². The van der Waals surface area contributed by atoms with Crippen molar-refractivity contribution >= 4 is 17.3 Å². The summed E-state index contributed by atoms with van der Waals surface area (Å²) < 4.78 is 5.62. The third kappa shape index (κ3) is 1.99. The van der Waals surface area contributed by atoms with Gasteiger partial charge in [-0.25, -0.2) is 0 Å². The number of carbonyl (C=O) groups excluding carboxylic acids is 3. The van der Waals surface area contributed by atoms with Gasteiger partial charge in [0.15, 0.2) is 11.6 Å². The molecule has 0 spiro atoms. The van der Waals surface area contributed by atoms with Crippen LogP contribution in [0.5, 0.6) is 17.2 Å². The van der Waals surface area contributed by atoms with Gasteiger partial charge in [-0.1, -0.05) is 0 Å². The molecule has 1 heterocycles. The fraction of sp³-hybridized carbons (Fsp3) is 0.389. The van der Waals surface area contributed by atoms with E-state index in [0.29, 0.717) is 0 Å². The van der Waals surface area contributed by atoms with Crippen molar-refractivity contribution < 1.29 is 34.4 Å². The summed E-state index contributed by atoms with van der Waals surface area (Å²) in [5, 5.41) is 30.9. The van der Waals surface area contributed by atoms with Gasteiger partial charge in [0.05, 0.1) is 11.7 Å². The zero-order chi connectivity index (χ0) is 18.8. The number of aliphatic hydroxyl groups excluding tert-OH is 1. The molecule has 0 radical (unpaired) electrons. The van der Waals surface area contributed by atoms with Crippen molar-refractivity contribution in [2.45, 2.75) is 39.2 Å². The molecule has 3 N–H and O–H groups in total. The van der Waals surface area contributed by atoms with E-state index in [9.17, 15) is 29.7 Å². The molecule has 1 aromatic rings. The molecule has 7 heteroatoms. The summed E-state index contributed by atoms with van der Waals surface area (Å²) in [4.78, 5) is 36.8. The Hall–Kier alpha value is -2.67. The number of carbonyl (C=O) groups is 3. The second-order valence-corrected chi connectivity index (χ2v) is 6.66. The molecule has 0 saturated heterocycles. The highest BCUT2D eigenvalue weighted by Gasteiger charge is 2.58. The largest absolute Gasteiger partial charge is 0.507 e. The molecular formula is C18H18O7. The SMILES string of the molecule is CC(=O)c1c(O)c(C)c(O)c2c1OC1=CC(O)C(C(C)=O)C(=O)C12C. The lowest BCUT2D eigenvalue weighted by Crippen LogP contribution is -2.48. The van der Waals surface area contributed by atoms with Gasteiger partial charge in [0.25, 0.3) is 0 Å². The Kier molecular flexibility index (Phi) is 3.54. The van der Waals surface area contributed by atoms with Gasteiger partial charge in [-0.3, -0.25) is 14.4 Å². The average molecular weight is 346 g/mol. The van der Waals surface area contributed by atoms with Crippen LogP contribution in [0.1, 0.15) is 42.3 Å². The molecule has 1 aliphatic carbocycles. The molecule has 0 fully saturated rings. The number of ketones is 3. The summed E-state index contributed by atoms with van der Waals surface area (Å²) in [6, 6.07) is 0. The lowest BCUT2D eigenvalue weighted by atomic mass is 9.67. The zero-order valence-corrected chi connectivity index (χ0v) is 14.2. The van der Waals surface area contributed by atoms with E-state index in [0.717, 1.165) is 0 Å². The predicted molar refractivity (Wildman–Crippen MR) is 85.8 cm³/mol. The molecule has 3 atom stereocenters. The van der Waals surface area contributed by atoms with Crippen LogP contribution in [0.4, 0.5) is 0 Å². The smallest absolute Gasteiger partial charge is 0.167 e. The van der Waals surface area contributed by atoms with Crippen LogP contribution in [-0.4, -0.2) is 38.8 Å². The van der Waals surface area contributed by atoms with Crippen molar-refractivity contribution in [3.8, 4) is 17.2 Å². The molecule has 3 rings (SSSR count). The Morgan fingerprint density at radius 3 is 2.32 bits per heavy atom. The normalized spacial score (nSPS) is 27.2. The molecule has 0 amide bonds. The molecule has 25 heavy (non-hydrogen) atoms. The first kappa shape index (κ1) is 17.2. The summed E-state index contributed by atoms with van der Waals surface area (Å²) in [5.74, 6) is -3.83. The number of Topliss-reactive ketones (excluding diaryl/α,β-unsaturated/α-hetero) is 3. The van der Waals surface area contributed by atoms with E-state index in [1.807, 2.05) is 0 Å². The van der Waals surface area contributed by atoms with Crippen LogP contribution in [0, 0.1) is 12.8 Å². The van der Waals surface area contributed by atoms with Gasteiger partial charge in [-0.15, -0.1) is 0 Å². The fourth-order valence-corrected chi connectivity index (χ4v) is 3.64. The van der Waals surface area contributed by atoms with Crippen LogP contribution < -0.4 is 4.74 Å². The van der Waals surface area contributed by atoms with Gasteiger partial charge < -0.3 is 20.1 Å². The van der Waals surface area contributed by atoms with Crippen LogP contribution >= 0.6 is 0 Å². The maximum absolute atomic E-state index is 13.0. The van der Waals surface area contributed by atoms with Gasteiger partial charge in [0, 0.05) is 5.56 Å². The molecule has 0 bridgehead atoms. The van der Waals surface area contributed by atoms with Crippen molar-refractivity contribution in [1.82, 2.24) is 0 Å². The van der Waals surface area contributed by atoms with Crippen molar-refractivity contribution in [2.24, 2.45) is 5.92 Å². The van der Waals surface area contributed by atoms with Crippen LogP contribution in [0.25, 0.3) is 0 Å². The highest BCUT2D eigenvalue weighted by atomic mass is 16.5. The van der Waals surface area contributed by atoms with Gasteiger partial charge in [-0.2, -0.15) is 0 Å². The summed E-state index contributed by atoms with van der Waals surface area (Å²) in [5.41, 5.74) is -1.61. The predicted octanol–water partition coefficient (Wildman–Crippen LogP) is 1.29. The molecule has 1 aliphatic heterocycles. The number of hydrogen-bond donors (Lipinski definition) is 3. The fourth-order valence-electron chi connectivity index (χ4n) is 3.64. The minimum atomic E-state index is -1.53. The maximum Gasteiger partial charge on any atom is 0.167 e. The summed E-state index contributed by atoms with van der Waals surface area (Å²) in [7, 11) is 0. The molecule has 7 nitrogen and oxygen atoms in total. The number of rotatable bonds is 2. The van der Waals surface area contributed by atoms with E-state index in [4.69, 9.17) is 4.74 Å². The quantitative estimate of drug-likeness (QED) is 0.545. The molecule has 2 aliphatic rings. The standard InChI is InChI=1S/C18H18O7/c1-6-14(22)12(8(3)20)16-13(15(6)23)18(4)10(25-16)5-9(21)11(7(2)19)17(18)24/h5,9,11,21-23H,1-4H3. The average Bonchev–Trinajstić information content (AvgIpc) is 2.78. The first-order valence-corrected chi connectivity index (χ1v) is 7.76. The monoisotopic (exact) mass is 346 g/mol. The number of hydrogen-bond acceptors (Lipinski definition) is 7. The van der Waals surface area contributed by atoms with Crippen LogP contribution in [0.2, 0.25) is 0 Å². The van der Waals surface area contributed by atoms with Crippen LogP contribution in [-0.2, 0) is 15.0 Å². The molecule has 0 aromatic heterocycles. The highest BCUT2D eigenvalue weighted by molar-refractivity contribution is 6.12. The van der Waals surface area contributed by atoms with E-state index in [2.05, 4.69) is 0 Å². The molecule has 3 unspecified atom stereocenters. The van der Waals surface area contributed by atoms with Crippen LogP contribution in [0.15, 0.2) is 11.8 Å². The highest BCUT2D eigenvalue weighted by Crippen LogP contribution is 2.57. The second kappa shape index (κ2) is 5.16. The second-order valence-electron chi connectivity index (χ2n) is 6.66. The number of fused-ring (bicyclic) bond motifs is 3. The number of benzene rings is 1. The minimum Gasteiger partial charge on any atom is -0.507 e. The van der Waals surface area contributed by atoms with Gasteiger partial charge in [-0.05, 0) is 33.8 Å². The third-order valence-electron chi connectivity index (χ3n) is 5.07. The number of phenolic OH excluding ortho intramolecular Hbond substituents is 2. The Bertz CT molecular complexity index is 880. The Labute approximate surface area is 143 Å². The summed E-state index contributed by atoms with van der Waals surface area (Å²) in [6.07, 6.45) is -0.122. The first-order chi connectivity index (χ1) is 11.5.